The molecule has 7 heteroatoms. The standard InChI is InChI=1S/C10H18ClNO4Si/c1-17(2,3)16-7-4-8(10(14)15)12(6-7)9(13)5-11/h7-8H,4-6H2,1-3H3,(H,14,15)/t7-,8-/m1/s1. The van der Waals surface area contributed by atoms with E-state index in [1.807, 2.05) is 19.6 Å². The molecule has 0 unspecified atom stereocenters. The zero-order chi connectivity index (χ0) is 13.2. The minimum absolute atomic E-state index is 0.185. The fourth-order valence-corrected chi connectivity index (χ4v) is 3.29. The maximum Gasteiger partial charge on any atom is 0.326 e. The van der Waals surface area contributed by atoms with E-state index in [2.05, 4.69) is 0 Å². The van der Waals surface area contributed by atoms with Gasteiger partial charge in [0.2, 0.25) is 5.91 Å². The number of rotatable bonds is 4. The summed E-state index contributed by atoms with van der Waals surface area (Å²) < 4.78 is 5.84. The first-order valence-corrected chi connectivity index (χ1v) is 9.45. The van der Waals surface area contributed by atoms with Gasteiger partial charge in [0.25, 0.3) is 0 Å². The lowest BCUT2D eigenvalue weighted by atomic mass is 10.2. The highest BCUT2D eigenvalue weighted by molar-refractivity contribution is 6.69. The highest BCUT2D eigenvalue weighted by Gasteiger charge is 2.41. The Morgan fingerprint density at radius 3 is 2.47 bits per heavy atom. The van der Waals surface area contributed by atoms with E-state index in [0.29, 0.717) is 13.0 Å². The molecule has 0 aromatic rings. The van der Waals surface area contributed by atoms with Gasteiger partial charge in [-0.1, -0.05) is 0 Å². The molecule has 0 bridgehead atoms. The van der Waals surface area contributed by atoms with Crippen molar-refractivity contribution in [2.24, 2.45) is 0 Å². The molecule has 1 fully saturated rings. The van der Waals surface area contributed by atoms with Gasteiger partial charge in [-0.3, -0.25) is 4.79 Å². The van der Waals surface area contributed by atoms with Gasteiger partial charge in [0, 0.05) is 13.0 Å². The molecule has 0 aromatic carbocycles. The third-order valence-corrected chi connectivity index (χ3v) is 3.77. The second-order valence-corrected chi connectivity index (χ2v) is 9.85. The summed E-state index contributed by atoms with van der Waals surface area (Å²) in [6.07, 6.45) is 0.164. The SMILES string of the molecule is C[Si](C)(C)O[C@@H]1C[C@H](C(=O)O)N(C(=O)CCl)C1. The number of halogens is 1. The molecule has 0 aliphatic carbocycles. The first kappa shape index (κ1) is 14.5. The molecule has 0 radical (unpaired) electrons. The average Bonchev–Trinajstić information content (AvgIpc) is 2.57. The molecule has 17 heavy (non-hydrogen) atoms. The fraction of sp³-hybridized carbons (Fsp3) is 0.800. The summed E-state index contributed by atoms with van der Waals surface area (Å²) in [5, 5.41) is 9.06. The van der Waals surface area contributed by atoms with E-state index in [1.165, 1.54) is 4.90 Å². The Balaban J connectivity index is 2.72. The molecule has 1 heterocycles. The first-order chi connectivity index (χ1) is 7.74. The van der Waals surface area contributed by atoms with Crippen molar-refractivity contribution in [2.75, 3.05) is 12.4 Å². The van der Waals surface area contributed by atoms with E-state index >= 15 is 0 Å². The molecule has 1 aliphatic heterocycles. The van der Waals surface area contributed by atoms with Crippen molar-refractivity contribution < 1.29 is 19.1 Å². The van der Waals surface area contributed by atoms with Crippen LogP contribution in [-0.4, -0.2) is 54.8 Å². The number of nitrogens with zero attached hydrogens (tertiary/aromatic N) is 1. The van der Waals surface area contributed by atoms with Crippen molar-refractivity contribution in [1.82, 2.24) is 4.90 Å². The maximum atomic E-state index is 11.5. The van der Waals surface area contributed by atoms with Gasteiger partial charge in [0.1, 0.15) is 11.9 Å². The predicted octanol–water partition coefficient (Wildman–Crippen LogP) is 1.13. The lowest BCUT2D eigenvalue weighted by Gasteiger charge is -2.23. The van der Waals surface area contributed by atoms with E-state index in [4.69, 9.17) is 21.1 Å². The van der Waals surface area contributed by atoms with Crippen molar-refractivity contribution in [3.05, 3.63) is 0 Å². The number of carboxylic acids is 1. The van der Waals surface area contributed by atoms with Crippen molar-refractivity contribution in [1.29, 1.82) is 0 Å². The summed E-state index contributed by atoms with van der Waals surface area (Å²) in [5.41, 5.74) is 0. The number of hydrogen-bond donors (Lipinski definition) is 1. The van der Waals surface area contributed by atoms with Crippen LogP contribution in [0.3, 0.4) is 0 Å². The Kier molecular flexibility index (Phi) is 4.57. The van der Waals surface area contributed by atoms with E-state index < -0.39 is 20.3 Å². The summed E-state index contributed by atoms with van der Waals surface area (Å²) in [6, 6.07) is -0.803. The Bertz CT molecular complexity index is 318. The summed E-state index contributed by atoms with van der Waals surface area (Å²) >= 11 is 5.47. The summed E-state index contributed by atoms with van der Waals surface area (Å²) in [7, 11) is -1.73. The van der Waals surface area contributed by atoms with Crippen LogP contribution >= 0.6 is 11.6 Å². The average molecular weight is 280 g/mol. The minimum atomic E-state index is -1.73. The largest absolute Gasteiger partial charge is 0.480 e. The van der Waals surface area contributed by atoms with Gasteiger partial charge in [-0.25, -0.2) is 4.79 Å². The van der Waals surface area contributed by atoms with Gasteiger partial charge in [0.05, 0.1) is 6.10 Å². The molecule has 5 nitrogen and oxygen atoms in total. The first-order valence-electron chi connectivity index (χ1n) is 5.50. The zero-order valence-corrected chi connectivity index (χ0v) is 12.0. The number of carboxylic acid groups (broad SMARTS) is 1. The van der Waals surface area contributed by atoms with Crippen LogP contribution in [0.1, 0.15) is 6.42 Å². The summed E-state index contributed by atoms with van der Waals surface area (Å²) in [6.45, 7) is 6.44. The number of aliphatic carboxylic acids is 1. The topological polar surface area (TPSA) is 66.8 Å². The van der Waals surface area contributed by atoms with Crippen molar-refractivity contribution in [2.45, 2.75) is 38.2 Å². The maximum absolute atomic E-state index is 11.5. The van der Waals surface area contributed by atoms with Gasteiger partial charge in [-0.05, 0) is 19.6 Å². The Morgan fingerprint density at radius 2 is 2.06 bits per heavy atom. The van der Waals surface area contributed by atoms with Crippen LogP contribution in [0.4, 0.5) is 0 Å². The molecule has 1 rings (SSSR count). The van der Waals surface area contributed by atoms with Crippen molar-refractivity contribution in [3.63, 3.8) is 0 Å². The molecule has 1 N–H and O–H groups in total. The molecule has 1 aliphatic rings. The third-order valence-electron chi connectivity index (χ3n) is 2.50. The smallest absolute Gasteiger partial charge is 0.326 e. The second kappa shape index (κ2) is 5.37. The molecule has 2 atom stereocenters. The molecule has 1 saturated heterocycles. The fourth-order valence-electron chi connectivity index (χ4n) is 1.97. The van der Waals surface area contributed by atoms with Crippen molar-refractivity contribution >= 4 is 31.8 Å². The highest BCUT2D eigenvalue weighted by atomic mass is 35.5. The summed E-state index contributed by atoms with van der Waals surface area (Å²) in [5.74, 6) is -1.53. The van der Waals surface area contributed by atoms with Gasteiger partial charge in [0.15, 0.2) is 8.32 Å². The van der Waals surface area contributed by atoms with Crippen LogP contribution in [0.2, 0.25) is 19.6 Å². The highest BCUT2D eigenvalue weighted by Crippen LogP contribution is 2.23. The number of alkyl halides is 1. The van der Waals surface area contributed by atoms with Crippen LogP contribution in [0.15, 0.2) is 0 Å². The van der Waals surface area contributed by atoms with Crippen LogP contribution in [-0.2, 0) is 14.0 Å². The molecule has 98 valence electrons. The van der Waals surface area contributed by atoms with E-state index in [-0.39, 0.29) is 17.9 Å². The van der Waals surface area contributed by atoms with Gasteiger partial charge in [-0.2, -0.15) is 0 Å². The van der Waals surface area contributed by atoms with Crippen molar-refractivity contribution in [3.8, 4) is 0 Å². The summed E-state index contributed by atoms with van der Waals surface area (Å²) in [4.78, 5) is 23.9. The quantitative estimate of drug-likeness (QED) is 0.619. The van der Waals surface area contributed by atoms with Crippen LogP contribution in [0.5, 0.6) is 0 Å². The van der Waals surface area contributed by atoms with Crippen LogP contribution in [0.25, 0.3) is 0 Å². The number of carbonyl (C=O) groups is 2. The Morgan fingerprint density at radius 1 is 1.47 bits per heavy atom. The molecular weight excluding hydrogens is 262 g/mol. The lowest BCUT2D eigenvalue weighted by molar-refractivity contribution is -0.147. The van der Waals surface area contributed by atoms with Crippen LogP contribution in [0, 0.1) is 0 Å². The van der Waals surface area contributed by atoms with Gasteiger partial charge < -0.3 is 14.4 Å². The van der Waals surface area contributed by atoms with Gasteiger partial charge >= 0.3 is 5.97 Å². The van der Waals surface area contributed by atoms with Gasteiger partial charge in [-0.15, -0.1) is 11.6 Å². The second-order valence-electron chi connectivity index (χ2n) is 5.12. The normalized spacial score (nSPS) is 25.1. The predicted molar refractivity (Wildman–Crippen MR) is 66.7 cm³/mol. The van der Waals surface area contributed by atoms with Crippen LogP contribution < -0.4 is 0 Å². The Labute approximate surface area is 107 Å². The number of carbonyl (C=O) groups excluding carboxylic acids is 1. The van der Waals surface area contributed by atoms with E-state index in [9.17, 15) is 9.59 Å². The van der Waals surface area contributed by atoms with E-state index in [1.54, 1.807) is 0 Å². The molecule has 0 aromatic heterocycles. The molecule has 0 saturated carbocycles. The molecule has 1 amide bonds. The zero-order valence-electron chi connectivity index (χ0n) is 10.3. The van der Waals surface area contributed by atoms with E-state index in [0.717, 1.165) is 0 Å². The Hall–Kier alpha value is -0.593. The monoisotopic (exact) mass is 279 g/mol. The molecule has 0 spiro atoms. The third kappa shape index (κ3) is 3.97. The number of likely N-dealkylation sites (tertiary alicyclic amines) is 1. The number of amides is 1. The number of hydrogen-bond acceptors (Lipinski definition) is 3. The lowest BCUT2D eigenvalue weighted by Crippen LogP contribution is -2.41. The minimum Gasteiger partial charge on any atom is -0.480 e. The molecular formula is C10H18ClNO4Si.